The van der Waals surface area contributed by atoms with Crippen molar-refractivity contribution in [2.75, 3.05) is 16.9 Å². The van der Waals surface area contributed by atoms with Crippen molar-refractivity contribution in [2.45, 2.75) is 63.6 Å². The van der Waals surface area contributed by atoms with Crippen LogP contribution < -0.4 is 20.7 Å². The molecular weight excluding hydrogens is 512 g/mol. The van der Waals surface area contributed by atoms with E-state index in [-0.39, 0.29) is 23.9 Å². The van der Waals surface area contributed by atoms with E-state index in [1.807, 2.05) is 24.3 Å². The van der Waals surface area contributed by atoms with Gasteiger partial charge in [0.05, 0.1) is 17.9 Å². The molecule has 5 aliphatic rings. The van der Waals surface area contributed by atoms with E-state index >= 15 is 0 Å². The Morgan fingerprint density at radius 2 is 1.92 bits per heavy atom. The number of nitrogens with zero attached hydrogens (tertiary/aromatic N) is 2. The fraction of sp³-hybridized carbons (Fsp3) is 0.577. The van der Waals surface area contributed by atoms with E-state index < -0.39 is 10.0 Å². The topological polar surface area (TPSA) is 125 Å². The third-order valence-electron chi connectivity index (χ3n) is 8.44. The highest BCUT2D eigenvalue weighted by Crippen LogP contribution is 2.60. The van der Waals surface area contributed by atoms with Crippen molar-refractivity contribution in [1.82, 2.24) is 20.0 Å². The lowest BCUT2D eigenvalue weighted by Crippen LogP contribution is -2.60. The molecule has 4 bridgehead atoms. The Kier molecular flexibility index (Phi) is 6.32. The van der Waals surface area contributed by atoms with E-state index in [1.54, 1.807) is 6.20 Å². The summed E-state index contributed by atoms with van der Waals surface area (Å²) in [4.78, 5) is 22.2. The van der Waals surface area contributed by atoms with Gasteiger partial charge in [0.1, 0.15) is 5.02 Å². The highest BCUT2D eigenvalue weighted by molar-refractivity contribution is 7.88. The van der Waals surface area contributed by atoms with Gasteiger partial charge in [-0.05, 0) is 80.4 Å². The molecule has 0 spiro atoms. The Morgan fingerprint density at radius 1 is 1.16 bits per heavy atom. The predicted octanol–water partition coefficient (Wildman–Crippen LogP) is 3.81. The Balaban J connectivity index is 1.15. The zero-order chi connectivity index (χ0) is 25.8. The molecule has 37 heavy (non-hydrogen) atoms. The standard InChI is InChI=1S/C26H33ClN6O3S/c1-37(35,36)29-13-15-3-2-4-20(9-15)31-25-28-14-21(27)23(33-25)32-22-17-7-16-8-18(22)12-26(10-16,11-17)24(34)30-19-5-6-19/h2-4,9,14,16-19,22,29H,5-8,10-13H2,1H3,(H,30,34)(H2,28,31,32,33). The van der Waals surface area contributed by atoms with Crippen molar-refractivity contribution >= 4 is 45.0 Å². The molecule has 1 heterocycles. The molecule has 0 radical (unpaired) electrons. The first-order valence-corrected chi connectivity index (χ1v) is 15.3. The van der Waals surface area contributed by atoms with Gasteiger partial charge < -0.3 is 16.0 Å². The number of nitrogens with one attached hydrogen (secondary N) is 4. The Morgan fingerprint density at radius 3 is 2.62 bits per heavy atom. The number of anilines is 3. The summed E-state index contributed by atoms with van der Waals surface area (Å²) in [5.41, 5.74) is 1.37. The van der Waals surface area contributed by atoms with Crippen LogP contribution in [0.2, 0.25) is 5.02 Å². The van der Waals surface area contributed by atoms with Gasteiger partial charge in [0.25, 0.3) is 0 Å². The van der Waals surface area contributed by atoms with Gasteiger partial charge in [-0.15, -0.1) is 0 Å². The predicted molar refractivity (Wildman–Crippen MR) is 143 cm³/mol. The van der Waals surface area contributed by atoms with Gasteiger partial charge in [0.2, 0.25) is 21.9 Å². The lowest BCUT2D eigenvalue weighted by Gasteiger charge is -2.59. The Hall–Kier alpha value is -2.43. The lowest BCUT2D eigenvalue weighted by atomic mass is 9.47. The fourth-order valence-electron chi connectivity index (χ4n) is 6.89. The van der Waals surface area contributed by atoms with Gasteiger partial charge >= 0.3 is 0 Å². The lowest BCUT2D eigenvalue weighted by molar-refractivity contribution is -0.147. The number of amides is 1. The third kappa shape index (κ3) is 5.42. The Labute approximate surface area is 222 Å². The van der Waals surface area contributed by atoms with Gasteiger partial charge in [0, 0.05) is 24.3 Å². The number of carbonyl (C=O) groups is 1. The van der Waals surface area contributed by atoms with Crippen molar-refractivity contribution < 1.29 is 13.2 Å². The van der Waals surface area contributed by atoms with Crippen LogP contribution in [0.15, 0.2) is 30.5 Å². The van der Waals surface area contributed by atoms with Crippen molar-refractivity contribution in [2.24, 2.45) is 23.2 Å². The first kappa shape index (κ1) is 24.9. The Bertz CT molecular complexity index is 1300. The second-order valence-electron chi connectivity index (χ2n) is 11.5. The maximum atomic E-state index is 13.2. The number of carbonyl (C=O) groups excluding carboxylic acids is 1. The molecule has 1 aromatic carbocycles. The molecule has 0 aliphatic heterocycles. The van der Waals surface area contributed by atoms with E-state index in [4.69, 9.17) is 11.6 Å². The van der Waals surface area contributed by atoms with Crippen LogP contribution in [0.4, 0.5) is 17.5 Å². The summed E-state index contributed by atoms with van der Waals surface area (Å²) in [6.45, 7) is 0.203. The summed E-state index contributed by atoms with van der Waals surface area (Å²) in [6, 6.07) is 8.07. The minimum absolute atomic E-state index is 0.198. The molecule has 0 saturated heterocycles. The quantitative estimate of drug-likeness (QED) is 0.378. The zero-order valence-electron chi connectivity index (χ0n) is 20.8. The summed E-state index contributed by atoms with van der Waals surface area (Å²) < 4.78 is 25.3. The van der Waals surface area contributed by atoms with Crippen LogP contribution in [0, 0.1) is 23.2 Å². The average Bonchev–Trinajstić information content (AvgIpc) is 3.65. The third-order valence-corrected chi connectivity index (χ3v) is 9.38. The fourth-order valence-corrected chi connectivity index (χ4v) is 7.47. The molecule has 5 fully saturated rings. The SMILES string of the molecule is CS(=O)(=O)NCc1cccc(Nc2ncc(Cl)c(NC3C4CC5CC3CC(C(=O)NC3CC3)(C5)C4)n2)c1. The molecule has 2 aromatic rings. The zero-order valence-corrected chi connectivity index (χ0v) is 22.4. The van der Waals surface area contributed by atoms with Crippen molar-refractivity contribution in [3.05, 3.63) is 41.0 Å². The maximum Gasteiger partial charge on any atom is 0.229 e. The van der Waals surface area contributed by atoms with Crippen molar-refractivity contribution in [1.29, 1.82) is 0 Å². The molecule has 1 amide bonds. The van der Waals surface area contributed by atoms with Crippen LogP contribution >= 0.6 is 11.6 Å². The van der Waals surface area contributed by atoms with Gasteiger partial charge in [-0.25, -0.2) is 18.1 Å². The van der Waals surface area contributed by atoms with Gasteiger partial charge in [-0.2, -0.15) is 4.98 Å². The van der Waals surface area contributed by atoms with Crippen LogP contribution in [0.3, 0.4) is 0 Å². The average molecular weight is 545 g/mol. The number of sulfonamides is 1. The monoisotopic (exact) mass is 544 g/mol. The molecular formula is C26H33ClN6O3S. The molecule has 9 nitrogen and oxygen atoms in total. The van der Waals surface area contributed by atoms with Crippen molar-refractivity contribution in [3.63, 3.8) is 0 Å². The van der Waals surface area contributed by atoms with E-state index in [2.05, 4.69) is 30.6 Å². The molecule has 4 N–H and O–H groups in total. The highest BCUT2D eigenvalue weighted by atomic mass is 35.5. The van der Waals surface area contributed by atoms with E-state index in [1.165, 1.54) is 0 Å². The molecule has 5 saturated carbocycles. The number of halogens is 1. The molecule has 198 valence electrons. The molecule has 1 aromatic heterocycles. The normalized spacial score (nSPS) is 30.2. The first-order chi connectivity index (χ1) is 17.7. The minimum atomic E-state index is -3.28. The number of benzene rings is 1. The van der Waals surface area contributed by atoms with Gasteiger partial charge in [-0.1, -0.05) is 23.7 Å². The molecule has 2 unspecified atom stereocenters. The number of hydrogen-bond acceptors (Lipinski definition) is 7. The maximum absolute atomic E-state index is 13.2. The van der Waals surface area contributed by atoms with E-state index in [9.17, 15) is 13.2 Å². The molecule has 2 atom stereocenters. The highest BCUT2D eigenvalue weighted by Gasteiger charge is 2.58. The van der Waals surface area contributed by atoms with E-state index in [0.717, 1.165) is 62.5 Å². The molecule has 5 aliphatic carbocycles. The smallest absolute Gasteiger partial charge is 0.229 e. The van der Waals surface area contributed by atoms with Crippen molar-refractivity contribution in [3.8, 4) is 0 Å². The summed E-state index contributed by atoms with van der Waals surface area (Å²) in [5, 5.41) is 10.6. The van der Waals surface area contributed by atoms with Crippen LogP contribution in [-0.2, 0) is 21.4 Å². The van der Waals surface area contributed by atoms with Crippen LogP contribution in [0.1, 0.15) is 50.5 Å². The van der Waals surface area contributed by atoms with Crippen LogP contribution in [0.25, 0.3) is 0 Å². The van der Waals surface area contributed by atoms with Gasteiger partial charge in [-0.3, -0.25) is 4.79 Å². The van der Waals surface area contributed by atoms with Crippen LogP contribution in [-0.4, -0.2) is 42.6 Å². The molecule has 11 heteroatoms. The number of hydrogen-bond donors (Lipinski definition) is 4. The number of aromatic nitrogens is 2. The minimum Gasteiger partial charge on any atom is -0.365 e. The number of rotatable bonds is 9. The summed E-state index contributed by atoms with van der Waals surface area (Å²) >= 11 is 6.52. The second-order valence-corrected chi connectivity index (χ2v) is 13.7. The second kappa shape index (κ2) is 9.39. The first-order valence-electron chi connectivity index (χ1n) is 13.1. The van der Waals surface area contributed by atoms with E-state index in [0.29, 0.717) is 40.6 Å². The van der Waals surface area contributed by atoms with Gasteiger partial charge in [0.15, 0.2) is 5.82 Å². The van der Waals surface area contributed by atoms with Crippen LogP contribution in [0.5, 0.6) is 0 Å². The molecule has 7 rings (SSSR count). The largest absolute Gasteiger partial charge is 0.365 e. The summed E-state index contributed by atoms with van der Waals surface area (Å²) in [7, 11) is -3.28. The summed E-state index contributed by atoms with van der Waals surface area (Å²) in [6.07, 6.45) is 10.2. The summed E-state index contributed by atoms with van der Waals surface area (Å²) in [5.74, 6) is 2.78.